The van der Waals surface area contributed by atoms with Crippen LogP contribution in [0.5, 0.6) is 0 Å². The smallest absolute Gasteiger partial charge is 0.0465 e. The summed E-state index contributed by atoms with van der Waals surface area (Å²) in [6.07, 6.45) is 10.7. The van der Waals surface area contributed by atoms with Crippen LogP contribution in [0.15, 0.2) is 103 Å². The molecule has 6 unspecified atom stereocenters. The Morgan fingerprint density at radius 3 is 1.51 bits per heavy atom. The lowest BCUT2D eigenvalue weighted by Gasteiger charge is -2.76. The molecule has 0 heterocycles. The summed E-state index contributed by atoms with van der Waals surface area (Å²) in [6.45, 7) is 19.7. The minimum absolute atomic E-state index is 0.118. The van der Waals surface area contributed by atoms with Crippen molar-refractivity contribution in [3.63, 3.8) is 0 Å². The number of anilines is 3. The summed E-state index contributed by atoms with van der Waals surface area (Å²) in [5.41, 5.74) is 20.4. The van der Waals surface area contributed by atoms with Crippen molar-refractivity contribution < 1.29 is 0 Å². The monoisotopic (exact) mass is 747 g/mol. The van der Waals surface area contributed by atoms with Gasteiger partial charge in [0.15, 0.2) is 0 Å². The number of nitrogens with zero attached hydrogens (tertiary/aromatic N) is 1. The van der Waals surface area contributed by atoms with Crippen LogP contribution in [0, 0.1) is 29.1 Å². The van der Waals surface area contributed by atoms with Gasteiger partial charge in [0.25, 0.3) is 0 Å². The summed E-state index contributed by atoms with van der Waals surface area (Å²) in [6, 6.07) is 41.6. The Morgan fingerprint density at radius 1 is 0.439 bits per heavy atom. The Balaban J connectivity index is 1.08. The summed E-state index contributed by atoms with van der Waals surface area (Å²) in [4.78, 5) is 2.67. The first-order valence-corrected chi connectivity index (χ1v) is 22.6. The van der Waals surface area contributed by atoms with Gasteiger partial charge < -0.3 is 4.90 Å². The SMILES string of the molecule is CC1(C)CCC(C)(C)c2cc(N(c3ccc4c(c3)C(C)(C)CCC4(C)C)c3ccc4c(c3)C3(c5cc(-c6ccccc6)ccc5-4)C4CC5CC6CC3C64C5)ccc21. The van der Waals surface area contributed by atoms with Crippen molar-refractivity contribution in [1.82, 2.24) is 0 Å². The van der Waals surface area contributed by atoms with Crippen molar-refractivity contribution in [3.05, 3.63) is 137 Å². The zero-order chi connectivity index (χ0) is 39.1. The van der Waals surface area contributed by atoms with Crippen molar-refractivity contribution >= 4 is 17.1 Å². The largest absolute Gasteiger partial charge is 0.310 e. The zero-order valence-electron chi connectivity index (χ0n) is 35.7. The van der Waals surface area contributed by atoms with Crippen molar-refractivity contribution in [2.24, 2.45) is 29.1 Å². The van der Waals surface area contributed by atoms with Gasteiger partial charge in [-0.2, -0.15) is 0 Å². The molecule has 290 valence electrons. The highest BCUT2D eigenvalue weighted by atomic mass is 15.1. The maximum Gasteiger partial charge on any atom is 0.0465 e. The molecule has 1 heteroatoms. The van der Waals surface area contributed by atoms with Crippen LogP contribution in [-0.2, 0) is 27.1 Å². The van der Waals surface area contributed by atoms with Crippen LogP contribution in [0.4, 0.5) is 17.1 Å². The molecule has 7 aliphatic carbocycles. The first-order valence-electron chi connectivity index (χ1n) is 22.6. The zero-order valence-corrected chi connectivity index (χ0v) is 35.7. The predicted octanol–water partition coefficient (Wildman–Crippen LogP) is 14.9. The lowest BCUT2D eigenvalue weighted by atomic mass is 9.27. The van der Waals surface area contributed by atoms with Gasteiger partial charge in [-0.25, -0.2) is 0 Å². The normalized spacial score (nSPS) is 31.6. The van der Waals surface area contributed by atoms with E-state index in [4.69, 9.17) is 0 Å². The minimum Gasteiger partial charge on any atom is -0.310 e. The Morgan fingerprint density at radius 2 is 0.930 bits per heavy atom. The summed E-state index contributed by atoms with van der Waals surface area (Å²) >= 11 is 0. The Hall–Kier alpha value is -4.10. The quantitative estimate of drug-likeness (QED) is 0.177. The molecule has 5 aromatic carbocycles. The van der Waals surface area contributed by atoms with E-state index in [1.54, 1.807) is 11.1 Å². The second-order valence-electron chi connectivity index (χ2n) is 22.7. The number of rotatable bonds is 4. The standard InChI is InChI=1S/C56H61N/c1-51(2)22-24-53(5,6)47-31-39(16-20-43(47)51)57(40-17-21-44-48(32-40)54(7,8)25-23-52(44,3)4)38-15-19-42-41-18-14-36(35-12-10-9-11-13-35)28-45(41)56(46(42)30-38)49-27-34-26-37-29-50(56)55(37,49)33-34/h9-21,28,30-32,34,37,49-50H,22-27,29,33H2,1-8H3. The maximum absolute atomic E-state index is 2.72. The topological polar surface area (TPSA) is 3.24 Å². The van der Waals surface area contributed by atoms with Gasteiger partial charge in [-0.15, -0.1) is 0 Å². The molecular weight excluding hydrogens is 687 g/mol. The van der Waals surface area contributed by atoms with E-state index in [2.05, 4.69) is 163 Å². The van der Waals surface area contributed by atoms with Crippen molar-refractivity contribution in [1.29, 1.82) is 0 Å². The van der Waals surface area contributed by atoms with E-state index in [1.165, 1.54) is 113 Å². The highest BCUT2D eigenvalue weighted by molar-refractivity contribution is 5.89. The average molecular weight is 748 g/mol. The molecule has 0 aromatic heterocycles. The van der Waals surface area contributed by atoms with E-state index >= 15 is 0 Å². The molecule has 12 rings (SSSR count). The van der Waals surface area contributed by atoms with Crippen molar-refractivity contribution in [3.8, 4) is 22.3 Å². The van der Waals surface area contributed by atoms with Crippen molar-refractivity contribution in [2.45, 2.75) is 134 Å². The molecule has 7 aliphatic rings. The van der Waals surface area contributed by atoms with Crippen LogP contribution in [0.2, 0.25) is 0 Å². The van der Waals surface area contributed by atoms with Crippen molar-refractivity contribution in [2.75, 3.05) is 4.90 Å². The van der Waals surface area contributed by atoms with Gasteiger partial charge >= 0.3 is 0 Å². The molecule has 0 saturated heterocycles. The van der Waals surface area contributed by atoms with Crippen LogP contribution >= 0.6 is 0 Å². The maximum atomic E-state index is 2.72. The summed E-state index contributed by atoms with van der Waals surface area (Å²) in [5, 5.41) is 0. The Labute approximate surface area is 342 Å². The molecule has 0 N–H and O–H groups in total. The number of hydrogen-bond acceptors (Lipinski definition) is 1. The van der Waals surface area contributed by atoms with E-state index in [0.29, 0.717) is 5.41 Å². The number of hydrogen-bond donors (Lipinski definition) is 0. The summed E-state index contributed by atoms with van der Waals surface area (Å²) in [5.74, 6) is 3.43. The fourth-order valence-corrected chi connectivity index (χ4v) is 15.2. The lowest BCUT2D eigenvalue weighted by molar-refractivity contribution is -0.231. The second kappa shape index (κ2) is 10.9. The average Bonchev–Trinajstić information content (AvgIpc) is 3.82. The fraction of sp³-hybridized carbons (Fsp3) is 0.464. The first kappa shape index (κ1) is 34.9. The van der Waals surface area contributed by atoms with E-state index in [-0.39, 0.29) is 27.1 Å². The van der Waals surface area contributed by atoms with E-state index in [9.17, 15) is 0 Å². The minimum atomic E-state index is 0.118. The third-order valence-corrected chi connectivity index (χ3v) is 18.3. The summed E-state index contributed by atoms with van der Waals surface area (Å²) in [7, 11) is 0. The first-order chi connectivity index (χ1) is 27.1. The third-order valence-electron chi connectivity index (χ3n) is 18.3. The highest BCUT2D eigenvalue weighted by Crippen LogP contribution is 2.89. The van der Waals surface area contributed by atoms with Gasteiger partial charge in [-0.3, -0.25) is 0 Å². The molecule has 2 bridgehead atoms. The second-order valence-corrected chi connectivity index (χ2v) is 22.7. The highest BCUT2D eigenvalue weighted by Gasteiger charge is 2.84. The molecule has 1 nitrogen and oxygen atoms in total. The molecule has 5 aromatic rings. The van der Waals surface area contributed by atoms with Gasteiger partial charge in [0.1, 0.15) is 0 Å². The molecular formula is C56H61N. The molecule has 2 spiro atoms. The molecule has 0 amide bonds. The predicted molar refractivity (Wildman–Crippen MR) is 238 cm³/mol. The van der Waals surface area contributed by atoms with Gasteiger partial charge in [0, 0.05) is 22.5 Å². The van der Waals surface area contributed by atoms with Gasteiger partial charge in [0.05, 0.1) is 0 Å². The number of benzene rings is 5. The van der Waals surface area contributed by atoms with Crippen LogP contribution in [0.3, 0.4) is 0 Å². The lowest BCUT2D eigenvalue weighted by Crippen LogP contribution is -2.73. The van der Waals surface area contributed by atoms with Crippen LogP contribution in [-0.4, -0.2) is 0 Å². The Kier molecular flexibility index (Phi) is 6.69. The summed E-state index contributed by atoms with van der Waals surface area (Å²) < 4.78 is 0. The van der Waals surface area contributed by atoms with Crippen LogP contribution < -0.4 is 4.90 Å². The molecule has 4 saturated carbocycles. The molecule has 0 radical (unpaired) electrons. The fourth-order valence-electron chi connectivity index (χ4n) is 15.2. The molecule has 0 aliphatic heterocycles. The molecule has 4 fully saturated rings. The third kappa shape index (κ3) is 4.32. The van der Waals surface area contributed by atoms with Crippen LogP contribution in [0.25, 0.3) is 22.3 Å². The Bertz CT molecular complexity index is 2450. The van der Waals surface area contributed by atoms with Crippen LogP contribution in [0.1, 0.15) is 140 Å². The van der Waals surface area contributed by atoms with E-state index in [0.717, 1.165) is 23.7 Å². The van der Waals surface area contributed by atoms with E-state index in [1.807, 2.05) is 0 Å². The number of fused-ring (bicyclic) bond motifs is 10. The van der Waals surface area contributed by atoms with Gasteiger partial charge in [-0.05, 0) is 200 Å². The van der Waals surface area contributed by atoms with Gasteiger partial charge in [0.2, 0.25) is 0 Å². The van der Waals surface area contributed by atoms with E-state index < -0.39 is 0 Å². The molecule has 57 heavy (non-hydrogen) atoms. The van der Waals surface area contributed by atoms with Gasteiger partial charge in [-0.1, -0.05) is 116 Å². The molecule has 6 atom stereocenters.